The Balaban J connectivity index is 1.68. The molecule has 1 aliphatic heterocycles. The maximum absolute atomic E-state index is 15.5. The van der Waals surface area contributed by atoms with Gasteiger partial charge >= 0.3 is 5.97 Å². The third-order valence-electron chi connectivity index (χ3n) is 6.27. The molecule has 166 valence electrons. The van der Waals surface area contributed by atoms with Crippen LogP contribution in [0.25, 0.3) is 10.9 Å². The Morgan fingerprint density at radius 1 is 1.25 bits per heavy atom. The Hall–Kier alpha value is -3.39. The van der Waals surface area contributed by atoms with E-state index in [0.717, 1.165) is 18.4 Å². The van der Waals surface area contributed by atoms with E-state index in [2.05, 4.69) is 5.32 Å². The first-order valence-corrected chi connectivity index (χ1v) is 10.7. The van der Waals surface area contributed by atoms with Crippen molar-refractivity contribution in [2.24, 2.45) is 0 Å². The molecule has 1 unspecified atom stereocenters. The number of carbonyl (C=O) groups is 1. The topological polar surface area (TPSA) is 83.8 Å². The first-order chi connectivity index (χ1) is 15.5. The van der Waals surface area contributed by atoms with Crippen LogP contribution in [0.3, 0.4) is 0 Å². The summed E-state index contributed by atoms with van der Waals surface area (Å²) in [6.07, 6.45) is 3.12. The fraction of sp³-hybridized carbons (Fsp3) is 0.333. The number of rotatable bonds is 5. The number of fused-ring (bicyclic) bond motifs is 1. The van der Waals surface area contributed by atoms with Gasteiger partial charge in [0.25, 0.3) is 0 Å². The highest BCUT2D eigenvalue weighted by Gasteiger charge is 2.32. The molecule has 5 rings (SSSR count). The standard InChI is InChI=1S/C24H24FN3O4/c1-32-23-20-16(22(29)17(24(30)31)12-28(20)15-7-8-15)11-18(25)21(23)27-10-9-26-19(13-27)14-5-3-2-4-6-14/h2-6,11-12,15,19,26H,7-10,13H2,1H3,(H,30,31). The predicted molar refractivity (Wildman–Crippen MR) is 119 cm³/mol. The second-order valence-corrected chi connectivity index (χ2v) is 8.32. The average molecular weight is 437 g/mol. The molecular formula is C24H24FN3O4. The van der Waals surface area contributed by atoms with E-state index in [-0.39, 0.29) is 28.8 Å². The minimum Gasteiger partial charge on any atom is -0.492 e. The van der Waals surface area contributed by atoms with Crippen molar-refractivity contribution >= 4 is 22.6 Å². The molecule has 1 saturated heterocycles. The highest BCUT2D eigenvalue weighted by Crippen LogP contribution is 2.44. The maximum Gasteiger partial charge on any atom is 0.341 e. The van der Waals surface area contributed by atoms with E-state index in [1.165, 1.54) is 19.4 Å². The molecule has 7 nitrogen and oxygen atoms in total. The SMILES string of the molecule is COc1c(N2CCNC(c3ccccc3)C2)c(F)cc2c(=O)c(C(=O)O)cn(C3CC3)c12. The van der Waals surface area contributed by atoms with Crippen molar-refractivity contribution in [3.05, 3.63) is 69.8 Å². The van der Waals surface area contributed by atoms with Crippen LogP contribution in [-0.4, -0.2) is 42.4 Å². The summed E-state index contributed by atoms with van der Waals surface area (Å²) < 4.78 is 23.0. The van der Waals surface area contributed by atoms with Gasteiger partial charge in [-0.1, -0.05) is 30.3 Å². The van der Waals surface area contributed by atoms with E-state index in [9.17, 15) is 14.7 Å². The average Bonchev–Trinajstić information content (AvgIpc) is 3.64. The zero-order valence-electron chi connectivity index (χ0n) is 17.7. The lowest BCUT2D eigenvalue weighted by Gasteiger charge is -2.36. The van der Waals surface area contributed by atoms with Crippen LogP contribution < -0.4 is 20.4 Å². The molecule has 3 aromatic rings. The van der Waals surface area contributed by atoms with Crippen LogP contribution in [-0.2, 0) is 0 Å². The van der Waals surface area contributed by atoms with Gasteiger partial charge in [0.05, 0.1) is 18.0 Å². The van der Waals surface area contributed by atoms with E-state index in [1.807, 2.05) is 35.2 Å². The number of hydrogen-bond acceptors (Lipinski definition) is 5. The summed E-state index contributed by atoms with van der Waals surface area (Å²) in [4.78, 5) is 26.4. The Bertz CT molecular complexity index is 1250. The molecular weight excluding hydrogens is 413 g/mol. The largest absolute Gasteiger partial charge is 0.492 e. The Morgan fingerprint density at radius 2 is 2.00 bits per heavy atom. The van der Waals surface area contributed by atoms with Gasteiger partial charge in [0.2, 0.25) is 5.43 Å². The lowest BCUT2D eigenvalue weighted by molar-refractivity contribution is 0.0695. The van der Waals surface area contributed by atoms with Gasteiger partial charge in [0.15, 0.2) is 11.6 Å². The Morgan fingerprint density at radius 3 is 2.66 bits per heavy atom. The number of nitrogens with zero attached hydrogens (tertiary/aromatic N) is 2. The summed E-state index contributed by atoms with van der Waals surface area (Å²) in [5.74, 6) is -1.64. The number of carboxylic acid groups (broad SMARTS) is 1. The van der Waals surface area contributed by atoms with Crippen LogP contribution in [0.1, 0.15) is 40.8 Å². The van der Waals surface area contributed by atoms with Crippen molar-refractivity contribution in [2.75, 3.05) is 31.6 Å². The van der Waals surface area contributed by atoms with Gasteiger partial charge in [-0.15, -0.1) is 0 Å². The lowest BCUT2D eigenvalue weighted by Crippen LogP contribution is -2.46. The van der Waals surface area contributed by atoms with Crippen molar-refractivity contribution in [3.8, 4) is 5.75 Å². The van der Waals surface area contributed by atoms with Crippen LogP contribution in [0.5, 0.6) is 5.75 Å². The summed E-state index contributed by atoms with van der Waals surface area (Å²) in [5.41, 5.74) is 0.814. The minimum absolute atomic E-state index is 0.0183. The van der Waals surface area contributed by atoms with E-state index in [4.69, 9.17) is 4.74 Å². The number of aromatic nitrogens is 1. The molecule has 0 spiro atoms. The Labute approximate surface area is 184 Å². The third kappa shape index (κ3) is 3.40. The van der Waals surface area contributed by atoms with Gasteiger partial charge in [0, 0.05) is 37.9 Å². The van der Waals surface area contributed by atoms with Gasteiger partial charge in [-0.2, -0.15) is 0 Å². The molecule has 1 aromatic heterocycles. The molecule has 2 heterocycles. The first kappa shape index (κ1) is 20.5. The molecule has 0 bridgehead atoms. The molecule has 1 aliphatic carbocycles. The van der Waals surface area contributed by atoms with Crippen LogP contribution in [0.2, 0.25) is 0 Å². The summed E-state index contributed by atoms with van der Waals surface area (Å²) in [7, 11) is 1.46. The summed E-state index contributed by atoms with van der Waals surface area (Å²) in [5, 5.41) is 13.0. The molecule has 1 saturated carbocycles. The number of methoxy groups -OCH3 is 1. The van der Waals surface area contributed by atoms with Crippen LogP contribution in [0.15, 0.2) is 47.4 Å². The molecule has 0 radical (unpaired) electrons. The fourth-order valence-corrected chi connectivity index (χ4v) is 4.59. The van der Waals surface area contributed by atoms with Crippen molar-refractivity contribution in [1.29, 1.82) is 0 Å². The van der Waals surface area contributed by atoms with E-state index in [0.29, 0.717) is 30.8 Å². The van der Waals surface area contributed by atoms with E-state index >= 15 is 4.39 Å². The molecule has 2 fully saturated rings. The summed E-state index contributed by atoms with van der Waals surface area (Å²) >= 11 is 0. The number of aromatic carboxylic acids is 1. The molecule has 2 aliphatic rings. The monoisotopic (exact) mass is 437 g/mol. The van der Waals surface area contributed by atoms with E-state index in [1.54, 1.807) is 4.57 Å². The number of piperazine rings is 1. The number of halogens is 1. The Kier molecular flexibility index (Phi) is 5.09. The summed E-state index contributed by atoms with van der Waals surface area (Å²) in [6.45, 7) is 1.76. The highest BCUT2D eigenvalue weighted by atomic mass is 19.1. The molecule has 1 atom stereocenters. The van der Waals surface area contributed by atoms with Crippen LogP contribution in [0, 0.1) is 5.82 Å². The smallest absolute Gasteiger partial charge is 0.341 e. The van der Waals surface area contributed by atoms with Gasteiger partial charge in [-0.05, 0) is 24.5 Å². The van der Waals surface area contributed by atoms with Crippen molar-refractivity contribution in [2.45, 2.75) is 24.9 Å². The van der Waals surface area contributed by atoms with Crippen molar-refractivity contribution in [1.82, 2.24) is 9.88 Å². The van der Waals surface area contributed by atoms with Gasteiger partial charge < -0.3 is 24.6 Å². The molecule has 2 N–H and O–H groups in total. The molecule has 0 amide bonds. The zero-order valence-corrected chi connectivity index (χ0v) is 17.7. The minimum atomic E-state index is -1.32. The van der Waals surface area contributed by atoms with Crippen molar-refractivity contribution in [3.63, 3.8) is 0 Å². The molecule has 8 heteroatoms. The van der Waals surface area contributed by atoms with Crippen LogP contribution in [0.4, 0.5) is 10.1 Å². The lowest BCUT2D eigenvalue weighted by atomic mass is 10.0. The maximum atomic E-state index is 15.5. The van der Waals surface area contributed by atoms with Gasteiger partial charge in [-0.3, -0.25) is 4.79 Å². The number of anilines is 1. The number of pyridine rings is 1. The zero-order chi connectivity index (χ0) is 22.4. The van der Waals surface area contributed by atoms with Crippen molar-refractivity contribution < 1.29 is 19.0 Å². The number of benzene rings is 2. The molecule has 32 heavy (non-hydrogen) atoms. The normalized spacial score (nSPS) is 18.7. The van der Waals surface area contributed by atoms with Gasteiger partial charge in [-0.25, -0.2) is 9.18 Å². The fourth-order valence-electron chi connectivity index (χ4n) is 4.59. The predicted octanol–water partition coefficient (Wildman–Crippen LogP) is 3.33. The second-order valence-electron chi connectivity index (χ2n) is 8.32. The number of nitrogens with one attached hydrogen (secondary N) is 1. The van der Waals surface area contributed by atoms with E-state index < -0.39 is 17.2 Å². The number of hydrogen-bond donors (Lipinski definition) is 2. The quantitative estimate of drug-likeness (QED) is 0.637. The first-order valence-electron chi connectivity index (χ1n) is 10.7. The number of carboxylic acids is 1. The highest BCUT2D eigenvalue weighted by molar-refractivity contribution is 5.97. The molecule has 2 aromatic carbocycles. The van der Waals surface area contributed by atoms with Gasteiger partial charge in [0.1, 0.15) is 11.3 Å². The second kappa shape index (κ2) is 7.94. The number of ether oxygens (including phenoxy) is 1. The van der Waals surface area contributed by atoms with Crippen LogP contribution >= 0.6 is 0 Å². The summed E-state index contributed by atoms with van der Waals surface area (Å²) in [6, 6.07) is 11.2. The third-order valence-corrected chi connectivity index (χ3v) is 6.27.